The number of ether oxygens (including phenoxy) is 1. The van der Waals surface area contributed by atoms with Gasteiger partial charge in [-0.05, 0) is 49.9 Å². The first-order valence-corrected chi connectivity index (χ1v) is 13.4. The van der Waals surface area contributed by atoms with Crippen molar-refractivity contribution in [1.29, 1.82) is 0 Å². The molecule has 2 aliphatic rings. The number of rotatable bonds is 5. The van der Waals surface area contributed by atoms with Gasteiger partial charge in [-0.1, -0.05) is 4.21 Å². The molecule has 33 heavy (non-hydrogen) atoms. The summed E-state index contributed by atoms with van der Waals surface area (Å²) in [6.07, 6.45) is 7.09. The lowest BCUT2D eigenvalue weighted by molar-refractivity contribution is 0.122. The average molecular weight is 470 g/mol. The Labute approximate surface area is 196 Å². The maximum absolute atomic E-state index is 11.9. The summed E-state index contributed by atoms with van der Waals surface area (Å²) in [6.45, 7) is 7.13. The second-order valence-corrected chi connectivity index (χ2v) is 11.1. The second kappa shape index (κ2) is 9.13. The first-order chi connectivity index (χ1) is 15.9. The molecule has 176 valence electrons. The van der Waals surface area contributed by atoms with Crippen LogP contribution in [0.1, 0.15) is 18.5 Å². The van der Waals surface area contributed by atoms with E-state index in [1.807, 2.05) is 19.2 Å². The van der Waals surface area contributed by atoms with Crippen molar-refractivity contribution in [2.75, 3.05) is 50.5 Å². The number of hydrogen-bond acceptors (Lipinski definition) is 6. The second-order valence-electron chi connectivity index (χ2n) is 9.13. The topological polar surface area (TPSA) is 86.5 Å². The molecule has 0 amide bonds. The number of anilines is 1. The highest BCUT2D eigenvalue weighted by Gasteiger charge is 2.29. The van der Waals surface area contributed by atoms with Crippen molar-refractivity contribution < 1.29 is 13.5 Å². The molecule has 5 rings (SSSR count). The third kappa shape index (κ3) is 4.82. The van der Waals surface area contributed by atoms with E-state index in [0.29, 0.717) is 32.2 Å². The molecular formula is C24H31N5O3S. The molecule has 0 radical (unpaired) electrons. The molecule has 8 nitrogen and oxygen atoms in total. The minimum atomic E-state index is -3.11. The number of morpholine rings is 1. The summed E-state index contributed by atoms with van der Waals surface area (Å²) in [4.78, 5) is 11.9. The summed E-state index contributed by atoms with van der Waals surface area (Å²) < 4.78 is 33.2. The van der Waals surface area contributed by atoms with Crippen LogP contribution in [0, 0.1) is 12.8 Å². The van der Waals surface area contributed by atoms with E-state index >= 15 is 0 Å². The first-order valence-electron chi connectivity index (χ1n) is 11.6. The maximum Gasteiger partial charge on any atom is 0.138 e. The standard InChI is InChI=1S/C24H31N5O3S/c1-18-3-4-20(16-25-18)22-15-23-21(24(26-22)27-11-13-32-14-12-27)7-8-28(23)17-19-5-9-29(10-6-19)33(2,30)31/h3-4,7-8,15-16,19H,5-6,9-14,17H2,1-2H3. The fraction of sp³-hybridized carbons (Fsp3) is 0.500. The molecule has 0 aromatic carbocycles. The van der Waals surface area contributed by atoms with E-state index in [0.717, 1.165) is 66.1 Å². The van der Waals surface area contributed by atoms with Crippen molar-refractivity contribution >= 4 is 27.1 Å². The van der Waals surface area contributed by atoms with Gasteiger partial charge in [-0.25, -0.2) is 4.98 Å². The van der Waals surface area contributed by atoms with Gasteiger partial charge in [0.25, 0.3) is 0 Å². The number of hydrogen-bond donors (Lipinski definition) is 0. The van der Waals surface area contributed by atoms with E-state index in [9.17, 15) is 8.76 Å². The summed E-state index contributed by atoms with van der Waals surface area (Å²) in [5.74, 6) is 1.44. The molecule has 0 bridgehead atoms. The molecule has 0 aliphatic carbocycles. The summed E-state index contributed by atoms with van der Waals surface area (Å²) >= 11 is 0. The van der Waals surface area contributed by atoms with Gasteiger partial charge in [0.1, 0.15) is 22.5 Å². The molecule has 0 spiro atoms. The molecule has 2 aliphatic heterocycles. The minimum absolute atomic E-state index is 0.447. The van der Waals surface area contributed by atoms with E-state index in [1.165, 1.54) is 6.26 Å². The maximum atomic E-state index is 11.9. The molecule has 2 fully saturated rings. The molecule has 1 unspecified atom stereocenters. The van der Waals surface area contributed by atoms with Crippen LogP contribution in [0.4, 0.5) is 5.82 Å². The number of piperidine rings is 1. The zero-order chi connectivity index (χ0) is 23.0. The smallest absolute Gasteiger partial charge is 0.138 e. The SMILES string of the molecule is Cc1ccc(-c2cc3c(ccn3CC3CCN([S+](C)(=O)[O-])CC3)c(N3CCOCC3)n2)cn1. The third-order valence-electron chi connectivity index (χ3n) is 6.76. The number of aromatic nitrogens is 3. The van der Waals surface area contributed by atoms with Crippen LogP contribution in [0.15, 0.2) is 36.7 Å². The Morgan fingerprint density at radius 1 is 1.15 bits per heavy atom. The minimum Gasteiger partial charge on any atom is -0.598 e. The Morgan fingerprint density at radius 3 is 2.58 bits per heavy atom. The van der Waals surface area contributed by atoms with Gasteiger partial charge in [0.05, 0.1) is 24.4 Å². The first kappa shape index (κ1) is 22.5. The largest absolute Gasteiger partial charge is 0.598 e. The van der Waals surface area contributed by atoms with Gasteiger partial charge in [-0.15, -0.1) is 4.31 Å². The van der Waals surface area contributed by atoms with Gasteiger partial charge in [0, 0.05) is 61.8 Å². The summed E-state index contributed by atoms with van der Waals surface area (Å²) in [6, 6.07) is 8.42. The van der Waals surface area contributed by atoms with Crippen molar-refractivity contribution in [2.45, 2.75) is 26.3 Å². The Morgan fingerprint density at radius 2 is 1.91 bits per heavy atom. The van der Waals surface area contributed by atoms with Crippen molar-refractivity contribution in [2.24, 2.45) is 5.92 Å². The summed E-state index contributed by atoms with van der Waals surface area (Å²) in [5.41, 5.74) is 4.07. The quantitative estimate of drug-likeness (QED) is 0.534. The molecule has 0 saturated carbocycles. The van der Waals surface area contributed by atoms with Crippen molar-refractivity contribution in [3.63, 3.8) is 0 Å². The molecule has 9 heteroatoms. The van der Waals surface area contributed by atoms with Gasteiger partial charge in [-0.2, -0.15) is 0 Å². The third-order valence-corrected chi connectivity index (χ3v) is 8.07. The van der Waals surface area contributed by atoms with E-state index in [4.69, 9.17) is 9.72 Å². The molecule has 3 aromatic heterocycles. The van der Waals surface area contributed by atoms with E-state index in [2.05, 4.69) is 38.8 Å². The lowest BCUT2D eigenvalue weighted by atomic mass is 9.98. The van der Waals surface area contributed by atoms with E-state index in [-0.39, 0.29) is 0 Å². The molecule has 1 atom stereocenters. The van der Waals surface area contributed by atoms with Gasteiger partial charge in [0.2, 0.25) is 0 Å². The number of sulfonamides is 1. The van der Waals surface area contributed by atoms with Crippen LogP contribution in [0.2, 0.25) is 0 Å². The average Bonchev–Trinajstić information content (AvgIpc) is 3.22. The fourth-order valence-electron chi connectivity index (χ4n) is 4.82. The Balaban J connectivity index is 1.48. The molecule has 0 N–H and O–H groups in total. The number of nitrogens with zero attached hydrogens (tertiary/aromatic N) is 5. The van der Waals surface area contributed by atoms with Crippen molar-refractivity contribution in [1.82, 2.24) is 18.8 Å². The van der Waals surface area contributed by atoms with Crippen LogP contribution in [-0.4, -0.2) is 69.0 Å². The Kier molecular flexibility index (Phi) is 6.22. The van der Waals surface area contributed by atoms with Crippen LogP contribution in [0.25, 0.3) is 22.2 Å². The van der Waals surface area contributed by atoms with Crippen LogP contribution in [-0.2, 0) is 25.9 Å². The van der Waals surface area contributed by atoms with Crippen LogP contribution >= 0.6 is 0 Å². The molecular weight excluding hydrogens is 438 g/mol. The van der Waals surface area contributed by atoms with Crippen LogP contribution in [0.3, 0.4) is 0 Å². The number of aryl methyl sites for hydroxylation is 1. The van der Waals surface area contributed by atoms with Gasteiger partial charge in [-0.3, -0.25) is 4.98 Å². The Bertz CT molecular complexity index is 1160. The number of pyridine rings is 2. The Hall–Kier alpha value is -2.33. The monoisotopic (exact) mass is 469 g/mol. The van der Waals surface area contributed by atoms with Gasteiger partial charge in [0.15, 0.2) is 0 Å². The fourth-order valence-corrected chi connectivity index (χ4v) is 5.69. The van der Waals surface area contributed by atoms with Gasteiger partial charge < -0.3 is 18.8 Å². The predicted octanol–water partition coefficient (Wildman–Crippen LogP) is 3.13. The molecule has 2 saturated heterocycles. The highest BCUT2D eigenvalue weighted by molar-refractivity contribution is 7.94. The van der Waals surface area contributed by atoms with Crippen molar-refractivity contribution in [3.05, 3.63) is 42.4 Å². The van der Waals surface area contributed by atoms with E-state index in [1.54, 1.807) is 4.31 Å². The highest BCUT2D eigenvalue weighted by atomic mass is 32.3. The van der Waals surface area contributed by atoms with E-state index < -0.39 is 10.4 Å². The zero-order valence-electron chi connectivity index (χ0n) is 19.3. The molecule has 5 heterocycles. The summed E-state index contributed by atoms with van der Waals surface area (Å²) in [7, 11) is -3.11. The lowest BCUT2D eigenvalue weighted by Gasteiger charge is -2.32. The molecule has 3 aromatic rings. The van der Waals surface area contributed by atoms with Crippen molar-refractivity contribution in [3.8, 4) is 11.3 Å². The highest BCUT2D eigenvalue weighted by Crippen LogP contribution is 2.33. The zero-order valence-corrected chi connectivity index (χ0v) is 20.1. The predicted molar refractivity (Wildman–Crippen MR) is 130 cm³/mol. The number of fused-ring (bicyclic) bond motifs is 1. The normalized spacial score (nSPS) is 20.3. The summed E-state index contributed by atoms with van der Waals surface area (Å²) in [5, 5.41) is 1.15. The van der Waals surface area contributed by atoms with Crippen LogP contribution < -0.4 is 4.90 Å². The van der Waals surface area contributed by atoms with Gasteiger partial charge >= 0.3 is 0 Å². The van der Waals surface area contributed by atoms with Crippen LogP contribution in [0.5, 0.6) is 0 Å². The lowest BCUT2D eigenvalue weighted by Crippen LogP contribution is -2.41.